The molecule has 3 aromatic rings. The Morgan fingerprint density at radius 3 is 2.88 bits per heavy atom. The average Bonchev–Trinajstić information content (AvgIpc) is 3.04. The zero-order valence-corrected chi connectivity index (χ0v) is 17.3. The number of hydrogen-bond acceptors (Lipinski definition) is 4. The number of ether oxygens (including phenoxy) is 1. The van der Waals surface area contributed by atoms with Crippen LogP contribution in [0.15, 0.2) is 53.7 Å². The minimum atomic E-state index is 0. The fourth-order valence-corrected chi connectivity index (χ4v) is 2.47. The second-order valence-electron chi connectivity index (χ2n) is 5.20. The first-order valence-corrected chi connectivity index (χ1v) is 8.25. The number of rotatable bonds is 6. The lowest BCUT2D eigenvalue weighted by Gasteiger charge is -2.12. The molecule has 0 saturated heterocycles. The molecule has 3 rings (SSSR count). The van der Waals surface area contributed by atoms with E-state index >= 15 is 0 Å². The van der Waals surface area contributed by atoms with Crippen molar-refractivity contribution in [1.82, 2.24) is 25.2 Å². The maximum absolute atomic E-state index is 5.92. The summed E-state index contributed by atoms with van der Waals surface area (Å²) in [4.78, 5) is 4.19. The molecule has 0 bridgehead atoms. The standard InChI is InChI=1S/C17H19ClN6O.HI/c1-19-17(20-8-10-25-14-6-4-5-13(18)11-14)21-12-16-23-22-15-7-2-3-9-24(15)16;/h2-7,9,11H,8,10,12H2,1H3,(H2,19,20,21);1H. The molecule has 2 heterocycles. The van der Waals surface area contributed by atoms with Crippen molar-refractivity contribution in [3.05, 3.63) is 59.5 Å². The molecule has 0 aliphatic carbocycles. The topological polar surface area (TPSA) is 75.8 Å². The molecule has 7 nitrogen and oxygen atoms in total. The quantitative estimate of drug-likeness (QED) is 0.243. The van der Waals surface area contributed by atoms with Crippen LogP contribution in [-0.2, 0) is 6.54 Å². The zero-order chi connectivity index (χ0) is 17.5. The van der Waals surface area contributed by atoms with Crippen LogP contribution in [0.4, 0.5) is 0 Å². The van der Waals surface area contributed by atoms with Gasteiger partial charge in [-0.05, 0) is 30.3 Å². The Morgan fingerprint density at radius 2 is 2.08 bits per heavy atom. The average molecular weight is 487 g/mol. The molecule has 0 aliphatic rings. The number of fused-ring (bicyclic) bond motifs is 1. The number of aromatic nitrogens is 3. The molecule has 138 valence electrons. The van der Waals surface area contributed by atoms with Gasteiger partial charge in [0.1, 0.15) is 12.4 Å². The zero-order valence-electron chi connectivity index (χ0n) is 14.2. The molecule has 0 spiro atoms. The van der Waals surface area contributed by atoms with Gasteiger partial charge in [0.25, 0.3) is 0 Å². The van der Waals surface area contributed by atoms with Crippen molar-refractivity contribution in [1.29, 1.82) is 0 Å². The van der Waals surface area contributed by atoms with Gasteiger partial charge in [0, 0.05) is 18.3 Å². The van der Waals surface area contributed by atoms with E-state index in [9.17, 15) is 0 Å². The molecule has 9 heteroatoms. The van der Waals surface area contributed by atoms with Crippen LogP contribution in [0.5, 0.6) is 5.75 Å². The van der Waals surface area contributed by atoms with Crippen molar-refractivity contribution in [3.8, 4) is 5.75 Å². The molecule has 2 aromatic heterocycles. The van der Waals surface area contributed by atoms with E-state index < -0.39 is 0 Å². The first-order chi connectivity index (χ1) is 12.3. The molecule has 26 heavy (non-hydrogen) atoms. The minimum Gasteiger partial charge on any atom is -0.492 e. The smallest absolute Gasteiger partial charge is 0.191 e. The molecule has 0 atom stereocenters. The molecule has 0 saturated carbocycles. The van der Waals surface area contributed by atoms with Crippen molar-refractivity contribution < 1.29 is 4.74 Å². The molecule has 0 amide bonds. The third kappa shape index (κ3) is 5.46. The van der Waals surface area contributed by atoms with Crippen LogP contribution >= 0.6 is 35.6 Å². The largest absolute Gasteiger partial charge is 0.492 e. The number of benzene rings is 1. The highest BCUT2D eigenvalue weighted by molar-refractivity contribution is 14.0. The van der Waals surface area contributed by atoms with Gasteiger partial charge in [-0.3, -0.25) is 9.39 Å². The van der Waals surface area contributed by atoms with Crippen molar-refractivity contribution >= 4 is 47.2 Å². The normalized spacial score (nSPS) is 11.1. The number of pyridine rings is 1. The lowest BCUT2D eigenvalue weighted by molar-refractivity contribution is 0.322. The van der Waals surface area contributed by atoms with E-state index in [-0.39, 0.29) is 24.0 Å². The Kier molecular flexibility index (Phi) is 7.92. The molecule has 0 unspecified atom stereocenters. The minimum absolute atomic E-state index is 0. The van der Waals surface area contributed by atoms with E-state index in [1.807, 2.05) is 47.0 Å². The summed E-state index contributed by atoms with van der Waals surface area (Å²) in [5.41, 5.74) is 0.817. The van der Waals surface area contributed by atoms with Crippen LogP contribution in [0.2, 0.25) is 5.02 Å². The van der Waals surface area contributed by atoms with Crippen LogP contribution in [0.1, 0.15) is 5.82 Å². The summed E-state index contributed by atoms with van der Waals surface area (Å²) in [6.45, 7) is 1.61. The monoisotopic (exact) mass is 486 g/mol. The van der Waals surface area contributed by atoms with Gasteiger partial charge >= 0.3 is 0 Å². The van der Waals surface area contributed by atoms with Crippen LogP contribution in [-0.4, -0.2) is 40.8 Å². The van der Waals surface area contributed by atoms with Crippen LogP contribution < -0.4 is 15.4 Å². The summed E-state index contributed by atoms with van der Waals surface area (Å²) in [5, 5.41) is 15.4. The number of guanidine groups is 1. The molecule has 0 radical (unpaired) electrons. The van der Waals surface area contributed by atoms with Gasteiger partial charge in [-0.25, -0.2) is 0 Å². The van der Waals surface area contributed by atoms with Gasteiger partial charge < -0.3 is 15.4 Å². The predicted octanol–water partition coefficient (Wildman–Crippen LogP) is 2.74. The summed E-state index contributed by atoms with van der Waals surface area (Å²) in [5.74, 6) is 2.23. The summed E-state index contributed by atoms with van der Waals surface area (Å²) in [6.07, 6.45) is 1.93. The molecule has 0 aliphatic heterocycles. The van der Waals surface area contributed by atoms with Crippen LogP contribution in [0.25, 0.3) is 5.65 Å². The van der Waals surface area contributed by atoms with Gasteiger partial charge in [-0.1, -0.05) is 23.7 Å². The lowest BCUT2D eigenvalue weighted by atomic mass is 10.3. The van der Waals surface area contributed by atoms with Gasteiger partial charge in [-0.15, -0.1) is 34.2 Å². The Bertz CT molecular complexity index is 869. The van der Waals surface area contributed by atoms with Gasteiger partial charge in [0.2, 0.25) is 0 Å². The third-order valence-corrected chi connectivity index (χ3v) is 3.72. The van der Waals surface area contributed by atoms with Crippen molar-refractivity contribution in [3.63, 3.8) is 0 Å². The van der Waals surface area contributed by atoms with Crippen molar-refractivity contribution in [2.45, 2.75) is 6.54 Å². The Morgan fingerprint density at radius 1 is 1.19 bits per heavy atom. The summed E-state index contributed by atoms with van der Waals surface area (Å²) >= 11 is 5.92. The third-order valence-electron chi connectivity index (χ3n) is 3.48. The summed E-state index contributed by atoms with van der Waals surface area (Å²) in [7, 11) is 1.72. The van der Waals surface area contributed by atoms with E-state index in [1.165, 1.54) is 0 Å². The predicted molar refractivity (Wildman–Crippen MR) is 114 cm³/mol. The highest BCUT2D eigenvalue weighted by Gasteiger charge is 2.05. The van der Waals surface area contributed by atoms with E-state index in [0.29, 0.717) is 30.7 Å². The number of nitrogens with one attached hydrogen (secondary N) is 2. The fourth-order valence-electron chi connectivity index (χ4n) is 2.29. The second-order valence-corrected chi connectivity index (χ2v) is 5.64. The Hall–Kier alpha value is -2.07. The summed E-state index contributed by atoms with van der Waals surface area (Å²) in [6, 6.07) is 13.1. The first kappa shape index (κ1) is 20.2. The number of hydrogen-bond donors (Lipinski definition) is 2. The van der Waals surface area contributed by atoms with Gasteiger partial charge in [0.15, 0.2) is 17.4 Å². The van der Waals surface area contributed by atoms with Crippen molar-refractivity contribution in [2.75, 3.05) is 20.2 Å². The van der Waals surface area contributed by atoms with E-state index in [4.69, 9.17) is 16.3 Å². The first-order valence-electron chi connectivity index (χ1n) is 7.88. The maximum atomic E-state index is 5.92. The number of halogens is 2. The van der Waals surface area contributed by atoms with Crippen LogP contribution in [0, 0.1) is 0 Å². The second kappa shape index (κ2) is 10.2. The highest BCUT2D eigenvalue weighted by Crippen LogP contribution is 2.16. The Labute approximate surface area is 173 Å². The molecular weight excluding hydrogens is 467 g/mol. The number of nitrogens with zero attached hydrogens (tertiary/aromatic N) is 4. The Balaban J connectivity index is 0.00000243. The molecule has 0 fully saturated rings. The van der Waals surface area contributed by atoms with Crippen LogP contribution in [0.3, 0.4) is 0 Å². The lowest BCUT2D eigenvalue weighted by Crippen LogP contribution is -2.39. The molecule has 2 N–H and O–H groups in total. The molecule has 1 aromatic carbocycles. The number of aliphatic imine (C=N–C) groups is 1. The van der Waals surface area contributed by atoms with E-state index in [0.717, 1.165) is 17.2 Å². The van der Waals surface area contributed by atoms with Gasteiger partial charge in [-0.2, -0.15) is 0 Å². The summed E-state index contributed by atoms with van der Waals surface area (Å²) < 4.78 is 7.57. The van der Waals surface area contributed by atoms with E-state index in [1.54, 1.807) is 13.1 Å². The van der Waals surface area contributed by atoms with Gasteiger partial charge in [0.05, 0.1) is 13.1 Å². The van der Waals surface area contributed by atoms with Crippen molar-refractivity contribution in [2.24, 2.45) is 4.99 Å². The maximum Gasteiger partial charge on any atom is 0.191 e. The molecular formula is C17H20ClIN6O. The van der Waals surface area contributed by atoms with E-state index in [2.05, 4.69) is 25.8 Å². The fraction of sp³-hybridized carbons (Fsp3) is 0.235. The SMILES string of the molecule is CN=C(NCCOc1cccc(Cl)c1)NCc1nnc2ccccn12.I. The highest BCUT2D eigenvalue weighted by atomic mass is 127.